The number of carbonyl (C=O) groups is 1. The molecule has 0 aliphatic carbocycles. The van der Waals surface area contributed by atoms with Gasteiger partial charge in [-0.15, -0.1) is 0 Å². The van der Waals surface area contributed by atoms with E-state index in [1.165, 1.54) is 4.90 Å². The maximum absolute atomic E-state index is 11.5. The zero-order valence-corrected chi connectivity index (χ0v) is 11.2. The third-order valence-electron chi connectivity index (χ3n) is 2.80. The first-order valence-corrected chi connectivity index (χ1v) is 5.99. The van der Waals surface area contributed by atoms with Gasteiger partial charge in [0.15, 0.2) is 0 Å². The Hall–Kier alpha value is -2.08. The molecule has 19 heavy (non-hydrogen) atoms. The van der Waals surface area contributed by atoms with E-state index in [-0.39, 0.29) is 24.2 Å². The zero-order chi connectivity index (χ0) is 14.3. The van der Waals surface area contributed by atoms with Crippen molar-refractivity contribution < 1.29 is 10.0 Å². The summed E-state index contributed by atoms with van der Waals surface area (Å²) in [6.07, 6.45) is 0. The van der Waals surface area contributed by atoms with E-state index >= 15 is 0 Å². The first-order chi connectivity index (χ1) is 9.06. The monoisotopic (exact) mass is 264 g/mol. The van der Waals surface area contributed by atoms with Crippen LogP contribution in [0.2, 0.25) is 0 Å². The van der Waals surface area contributed by atoms with E-state index in [0.717, 1.165) is 5.56 Å². The minimum Gasteiger partial charge on any atom is -0.409 e. The van der Waals surface area contributed by atoms with Crippen molar-refractivity contribution in [3.8, 4) is 0 Å². The smallest absolute Gasteiger partial charge is 0.236 e. The van der Waals surface area contributed by atoms with Crippen molar-refractivity contribution in [2.45, 2.75) is 5.92 Å². The van der Waals surface area contributed by atoms with Gasteiger partial charge in [-0.1, -0.05) is 35.5 Å². The number of nitrogens with one attached hydrogen (secondary N) is 1. The molecule has 0 heterocycles. The van der Waals surface area contributed by atoms with Crippen LogP contribution in [0.4, 0.5) is 0 Å². The first-order valence-electron chi connectivity index (χ1n) is 5.99. The molecule has 1 rings (SSSR count). The predicted molar refractivity (Wildman–Crippen MR) is 74.2 cm³/mol. The molecule has 0 aliphatic rings. The fourth-order valence-corrected chi connectivity index (χ4v) is 1.63. The van der Waals surface area contributed by atoms with Crippen molar-refractivity contribution in [2.24, 2.45) is 10.9 Å². The van der Waals surface area contributed by atoms with Crippen LogP contribution >= 0.6 is 0 Å². The lowest BCUT2D eigenvalue weighted by molar-refractivity contribution is -0.127. The second kappa shape index (κ2) is 7.38. The quantitative estimate of drug-likeness (QED) is 0.296. The number of benzene rings is 1. The Balaban J connectivity index is 2.65. The Kier molecular flexibility index (Phi) is 5.81. The van der Waals surface area contributed by atoms with Gasteiger partial charge < -0.3 is 21.2 Å². The summed E-state index contributed by atoms with van der Waals surface area (Å²) in [4.78, 5) is 13.0. The lowest BCUT2D eigenvalue weighted by Crippen LogP contribution is -2.37. The van der Waals surface area contributed by atoms with Crippen LogP contribution in [0.15, 0.2) is 35.5 Å². The number of rotatable bonds is 6. The molecule has 1 amide bonds. The van der Waals surface area contributed by atoms with Gasteiger partial charge in [-0.2, -0.15) is 0 Å². The summed E-state index contributed by atoms with van der Waals surface area (Å²) in [5.41, 5.74) is 6.62. The molecular weight excluding hydrogens is 244 g/mol. The van der Waals surface area contributed by atoms with Crippen LogP contribution in [0, 0.1) is 0 Å². The molecule has 0 spiro atoms. The standard InChI is InChI=1S/C13H20N4O2/c1-17(2)12(18)9-15-8-11(13(14)16-19)10-6-4-3-5-7-10/h3-7,11,15,19H,8-9H2,1-2H3,(H2,14,16). The van der Waals surface area contributed by atoms with E-state index in [0.29, 0.717) is 6.54 Å². The highest BCUT2D eigenvalue weighted by Crippen LogP contribution is 2.14. The van der Waals surface area contributed by atoms with Crippen LogP contribution in [0.25, 0.3) is 0 Å². The highest BCUT2D eigenvalue weighted by Gasteiger charge is 2.16. The molecule has 0 aromatic heterocycles. The maximum atomic E-state index is 11.5. The second-order valence-electron chi connectivity index (χ2n) is 4.41. The molecule has 1 atom stereocenters. The second-order valence-corrected chi connectivity index (χ2v) is 4.41. The van der Waals surface area contributed by atoms with Gasteiger partial charge in [0.2, 0.25) is 5.91 Å². The summed E-state index contributed by atoms with van der Waals surface area (Å²) < 4.78 is 0. The van der Waals surface area contributed by atoms with E-state index < -0.39 is 0 Å². The SMILES string of the molecule is CN(C)C(=O)CNCC(C(N)=NO)c1ccccc1. The predicted octanol–water partition coefficient (Wildman–Crippen LogP) is 0.194. The van der Waals surface area contributed by atoms with Gasteiger partial charge in [0.05, 0.1) is 12.5 Å². The van der Waals surface area contributed by atoms with Crippen LogP contribution in [0.5, 0.6) is 0 Å². The molecule has 0 radical (unpaired) electrons. The molecule has 6 nitrogen and oxygen atoms in total. The summed E-state index contributed by atoms with van der Waals surface area (Å²) >= 11 is 0. The van der Waals surface area contributed by atoms with Gasteiger partial charge in [-0.3, -0.25) is 4.79 Å². The van der Waals surface area contributed by atoms with E-state index in [1.807, 2.05) is 30.3 Å². The zero-order valence-electron chi connectivity index (χ0n) is 11.2. The molecule has 0 fully saturated rings. The molecule has 104 valence electrons. The number of likely N-dealkylation sites (N-methyl/N-ethyl adjacent to an activating group) is 1. The van der Waals surface area contributed by atoms with E-state index in [1.54, 1.807) is 14.1 Å². The molecule has 0 aliphatic heterocycles. The van der Waals surface area contributed by atoms with Gasteiger partial charge in [0.25, 0.3) is 0 Å². The molecule has 1 aromatic carbocycles. The Morgan fingerprint density at radius 2 is 2.05 bits per heavy atom. The summed E-state index contributed by atoms with van der Waals surface area (Å²) in [5, 5.41) is 14.9. The van der Waals surface area contributed by atoms with E-state index in [4.69, 9.17) is 10.9 Å². The summed E-state index contributed by atoms with van der Waals surface area (Å²) in [7, 11) is 3.39. The van der Waals surface area contributed by atoms with Crippen molar-refractivity contribution in [2.75, 3.05) is 27.2 Å². The number of hydrogen-bond donors (Lipinski definition) is 3. The Bertz CT molecular complexity index is 432. The van der Waals surface area contributed by atoms with Crippen molar-refractivity contribution in [1.82, 2.24) is 10.2 Å². The summed E-state index contributed by atoms with van der Waals surface area (Å²) in [5.74, 6) is -0.163. The first kappa shape index (κ1) is 15.0. The van der Waals surface area contributed by atoms with Gasteiger partial charge in [0, 0.05) is 20.6 Å². The number of hydrogen-bond acceptors (Lipinski definition) is 4. The van der Waals surface area contributed by atoms with Crippen LogP contribution < -0.4 is 11.1 Å². The Morgan fingerprint density at radius 3 is 2.58 bits per heavy atom. The normalized spacial score (nSPS) is 13.1. The minimum absolute atomic E-state index is 0.0219. The fourth-order valence-electron chi connectivity index (χ4n) is 1.63. The third-order valence-corrected chi connectivity index (χ3v) is 2.80. The number of carbonyl (C=O) groups excluding carboxylic acids is 1. The molecule has 0 bridgehead atoms. The van der Waals surface area contributed by atoms with E-state index in [2.05, 4.69) is 10.5 Å². The number of nitrogens with zero attached hydrogens (tertiary/aromatic N) is 2. The molecule has 4 N–H and O–H groups in total. The topological polar surface area (TPSA) is 91.0 Å². The van der Waals surface area contributed by atoms with Gasteiger partial charge in [-0.05, 0) is 5.56 Å². The molecule has 0 saturated carbocycles. The number of amides is 1. The number of nitrogens with two attached hydrogens (primary N) is 1. The number of oxime groups is 1. The Morgan fingerprint density at radius 1 is 1.42 bits per heavy atom. The van der Waals surface area contributed by atoms with Gasteiger partial charge in [-0.25, -0.2) is 0 Å². The maximum Gasteiger partial charge on any atom is 0.236 e. The lowest BCUT2D eigenvalue weighted by Gasteiger charge is -2.17. The largest absolute Gasteiger partial charge is 0.409 e. The average Bonchev–Trinajstić information content (AvgIpc) is 2.43. The number of amidine groups is 1. The van der Waals surface area contributed by atoms with Crippen LogP contribution in [0.1, 0.15) is 11.5 Å². The van der Waals surface area contributed by atoms with Gasteiger partial charge >= 0.3 is 0 Å². The van der Waals surface area contributed by atoms with Crippen molar-refractivity contribution >= 4 is 11.7 Å². The molecule has 1 unspecified atom stereocenters. The van der Waals surface area contributed by atoms with Crippen molar-refractivity contribution in [1.29, 1.82) is 0 Å². The van der Waals surface area contributed by atoms with Crippen LogP contribution in [-0.2, 0) is 4.79 Å². The highest BCUT2D eigenvalue weighted by molar-refractivity contribution is 5.87. The van der Waals surface area contributed by atoms with Gasteiger partial charge in [0.1, 0.15) is 5.84 Å². The van der Waals surface area contributed by atoms with Crippen molar-refractivity contribution in [3.63, 3.8) is 0 Å². The molecular formula is C13H20N4O2. The lowest BCUT2D eigenvalue weighted by atomic mass is 9.98. The molecule has 1 aromatic rings. The Labute approximate surface area is 112 Å². The van der Waals surface area contributed by atoms with Crippen molar-refractivity contribution in [3.05, 3.63) is 35.9 Å². The van der Waals surface area contributed by atoms with Crippen LogP contribution in [0.3, 0.4) is 0 Å². The summed E-state index contributed by atoms with van der Waals surface area (Å²) in [6, 6.07) is 9.47. The average molecular weight is 264 g/mol. The highest BCUT2D eigenvalue weighted by atomic mass is 16.4. The summed E-state index contributed by atoms with van der Waals surface area (Å²) in [6.45, 7) is 0.647. The molecule has 6 heteroatoms. The third kappa shape index (κ3) is 4.59. The fraction of sp³-hybridized carbons (Fsp3) is 0.385. The molecule has 0 saturated heterocycles. The minimum atomic E-state index is -0.263. The van der Waals surface area contributed by atoms with E-state index in [9.17, 15) is 4.79 Å². The van der Waals surface area contributed by atoms with Crippen LogP contribution in [-0.4, -0.2) is 49.0 Å².